The number of carbonyl (C=O) groups is 3. The molecule has 1 saturated heterocycles. The van der Waals surface area contributed by atoms with Gasteiger partial charge < -0.3 is 20.0 Å². The molecule has 0 radical (unpaired) electrons. The van der Waals surface area contributed by atoms with Crippen LogP contribution in [0.4, 0.5) is 15.9 Å². The summed E-state index contributed by atoms with van der Waals surface area (Å²) in [7, 11) is 0. The minimum absolute atomic E-state index is 0.00723. The maximum atomic E-state index is 13.9. The molecule has 2 N–H and O–H groups in total. The van der Waals surface area contributed by atoms with Gasteiger partial charge in [-0.25, -0.2) is 9.97 Å². The Morgan fingerprint density at radius 3 is 2.60 bits per heavy atom. The van der Waals surface area contributed by atoms with E-state index in [4.69, 9.17) is 16.0 Å². The summed E-state index contributed by atoms with van der Waals surface area (Å²) in [5.74, 6) is -1.85. The van der Waals surface area contributed by atoms with E-state index in [9.17, 15) is 18.8 Å². The third kappa shape index (κ3) is 4.84. The van der Waals surface area contributed by atoms with E-state index in [1.807, 2.05) is 4.90 Å². The average Bonchev–Trinajstić information content (AvgIpc) is 3.44. The van der Waals surface area contributed by atoms with E-state index in [2.05, 4.69) is 20.6 Å². The van der Waals surface area contributed by atoms with Gasteiger partial charge in [0.1, 0.15) is 17.0 Å². The Hall–Kier alpha value is -3.53. The number of hydrogen-bond donors (Lipinski definition) is 2. The molecule has 1 aliphatic carbocycles. The highest BCUT2D eigenvalue weighted by Crippen LogP contribution is 2.34. The van der Waals surface area contributed by atoms with Crippen LogP contribution in [0.5, 0.6) is 0 Å². The number of carbonyl (C=O) groups excluding carboxylic acids is 3. The first kappa shape index (κ1) is 23.2. The molecule has 35 heavy (non-hydrogen) atoms. The molecular weight excluding hydrogens is 477 g/mol. The predicted molar refractivity (Wildman–Crippen MR) is 126 cm³/mol. The Bertz CT molecular complexity index is 1290. The van der Waals surface area contributed by atoms with Crippen molar-refractivity contribution in [3.05, 3.63) is 47.2 Å². The molecule has 3 aromatic heterocycles. The Labute approximate surface area is 205 Å². The van der Waals surface area contributed by atoms with Crippen LogP contribution < -0.4 is 10.6 Å². The van der Waals surface area contributed by atoms with E-state index in [1.165, 1.54) is 18.3 Å². The Kier molecular flexibility index (Phi) is 6.38. The zero-order chi connectivity index (χ0) is 24.5. The highest BCUT2D eigenvalue weighted by atomic mass is 35.5. The lowest BCUT2D eigenvalue weighted by Crippen LogP contribution is -2.40. The van der Waals surface area contributed by atoms with Crippen molar-refractivity contribution in [3.63, 3.8) is 0 Å². The first-order valence-electron chi connectivity index (χ1n) is 11.5. The molecule has 4 heterocycles. The van der Waals surface area contributed by atoms with Gasteiger partial charge >= 0.3 is 0 Å². The van der Waals surface area contributed by atoms with E-state index >= 15 is 0 Å². The summed E-state index contributed by atoms with van der Waals surface area (Å²) in [5, 5.41) is 5.74. The van der Waals surface area contributed by atoms with Crippen LogP contribution in [0.15, 0.2) is 34.9 Å². The standard InChI is InChI=1S/C24H23ClFN5O4/c25-14-5-10-18(27-12-14)29-24(34)22-21(20-16(35-22)8-9-17(26)28-20)30-23(33)13-3-6-15(7-4-13)31-11-1-2-19(31)32/h5,8-10,12-13,15H,1-4,6-7,11H2,(H,30,33)(H,27,29,34)/t13-,15-. The summed E-state index contributed by atoms with van der Waals surface area (Å²) < 4.78 is 19.5. The fraction of sp³-hybridized carbons (Fsp3) is 0.375. The molecule has 182 valence electrons. The highest BCUT2D eigenvalue weighted by molar-refractivity contribution is 6.30. The van der Waals surface area contributed by atoms with Crippen molar-refractivity contribution in [3.8, 4) is 0 Å². The number of pyridine rings is 2. The minimum atomic E-state index is -0.768. The third-order valence-corrected chi connectivity index (χ3v) is 6.77. The first-order valence-corrected chi connectivity index (χ1v) is 11.9. The largest absolute Gasteiger partial charge is 0.447 e. The van der Waals surface area contributed by atoms with Crippen molar-refractivity contribution in [1.29, 1.82) is 0 Å². The van der Waals surface area contributed by atoms with Gasteiger partial charge in [0, 0.05) is 31.1 Å². The second kappa shape index (κ2) is 9.61. The van der Waals surface area contributed by atoms with Crippen LogP contribution in [0, 0.1) is 11.9 Å². The highest BCUT2D eigenvalue weighted by Gasteiger charge is 2.34. The number of amides is 3. The lowest BCUT2D eigenvalue weighted by Gasteiger charge is -2.34. The number of halogens is 2. The molecule has 0 atom stereocenters. The van der Waals surface area contributed by atoms with Gasteiger partial charge in [0.25, 0.3) is 5.91 Å². The van der Waals surface area contributed by atoms with Crippen LogP contribution in [0.3, 0.4) is 0 Å². The Morgan fingerprint density at radius 1 is 1.11 bits per heavy atom. The van der Waals surface area contributed by atoms with Crippen molar-refractivity contribution in [1.82, 2.24) is 14.9 Å². The van der Waals surface area contributed by atoms with Crippen molar-refractivity contribution in [2.45, 2.75) is 44.6 Å². The number of anilines is 2. The zero-order valence-corrected chi connectivity index (χ0v) is 19.5. The molecule has 9 nitrogen and oxygen atoms in total. The van der Waals surface area contributed by atoms with Gasteiger partial charge in [-0.1, -0.05) is 11.6 Å². The quantitative estimate of drug-likeness (QED) is 0.503. The number of hydrogen-bond acceptors (Lipinski definition) is 6. The summed E-state index contributed by atoms with van der Waals surface area (Å²) in [6, 6.07) is 5.70. The number of fused-ring (bicyclic) bond motifs is 1. The maximum absolute atomic E-state index is 13.9. The topological polar surface area (TPSA) is 117 Å². The van der Waals surface area contributed by atoms with Crippen molar-refractivity contribution >= 4 is 51.9 Å². The summed E-state index contributed by atoms with van der Waals surface area (Å²) in [4.78, 5) is 47.9. The zero-order valence-electron chi connectivity index (χ0n) is 18.7. The van der Waals surface area contributed by atoms with E-state index in [1.54, 1.807) is 6.07 Å². The molecular formula is C24H23ClFN5O4. The predicted octanol–water partition coefficient (Wildman–Crippen LogP) is 4.39. The first-order chi connectivity index (χ1) is 16.9. The second-order valence-corrected chi connectivity index (χ2v) is 9.22. The molecule has 5 rings (SSSR count). The molecule has 2 fully saturated rings. The lowest BCUT2D eigenvalue weighted by atomic mass is 9.84. The van der Waals surface area contributed by atoms with Crippen LogP contribution in [0.2, 0.25) is 5.02 Å². The van der Waals surface area contributed by atoms with Crippen LogP contribution in [-0.4, -0.2) is 45.2 Å². The molecule has 1 aliphatic heterocycles. The van der Waals surface area contributed by atoms with Crippen LogP contribution >= 0.6 is 11.6 Å². The summed E-state index contributed by atoms with van der Waals surface area (Å²) >= 11 is 5.84. The fourth-order valence-electron chi connectivity index (χ4n) is 4.78. The third-order valence-electron chi connectivity index (χ3n) is 6.54. The molecule has 3 amide bonds. The second-order valence-electron chi connectivity index (χ2n) is 8.79. The van der Waals surface area contributed by atoms with Crippen LogP contribution in [0.1, 0.15) is 49.1 Å². The lowest BCUT2D eigenvalue weighted by molar-refractivity contribution is -0.130. The van der Waals surface area contributed by atoms with Crippen molar-refractivity contribution in [2.75, 3.05) is 17.2 Å². The van der Waals surface area contributed by atoms with Gasteiger partial charge in [-0.15, -0.1) is 0 Å². The van der Waals surface area contributed by atoms with Gasteiger partial charge in [0.05, 0.1) is 5.02 Å². The monoisotopic (exact) mass is 499 g/mol. The van der Waals surface area contributed by atoms with Gasteiger partial charge in [0.2, 0.25) is 23.5 Å². The summed E-state index contributed by atoms with van der Waals surface area (Å²) in [6.45, 7) is 0.777. The molecule has 3 aromatic rings. The summed E-state index contributed by atoms with van der Waals surface area (Å²) in [5.41, 5.74) is 0.212. The number of aromatic nitrogens is 2. The van der Waals surface area contributed by atoms with Crippen LogP contribution in [-0.2, 0) is 9.59 Å². The fourth-order valence-corrected chi connectivity index (χ4v) is 4.89. The number of furan rings is 1. The number of nitrogens with one attached hydrogen (secondary N) is 2. The SMILES string of the molecule is O=C(Nc1ccc(Cl)cn1)c1oc2ccc(F)nc2c1NC(=O)[C@H]1CC[C@H](N2CCCC2=O)CC1. The Balaban J connectivity index is 1.34. The van der Waals surface area contributed by atoms with Gasteiger partial charge in [-0.2, -0.15) is 4.39 Å². The van der Waals surface area contributed by atoms with Gasteiger partial charge in [0.15, 0.2) is 5.58 Å². The van der Waals surface area contributed by atoms with Crippen LogP contribution in [0.25, 0.3) is 11.1 Å². The average molecular weight is 500 g/mol. The van der Waals surface area contributed by atoms with Gasteiger partial charge in [-0.05, 0) is 56.4 Å². The molecule has 2 aliphatic rings. The maximum Gasteiger partial charge on any atom is 0.294 e. The van der Waals surface area contributed by atoms with Gasteiger partial charge in [-0.3, -0.25) is 14.4 Å². The Morgan fingerprint density at radius 2 is 1.91 bits per heavy atom. The normalized spacial score (nSPS) is 20.3. The van der Waals surface area contributed by atoms with E-state index in [-0.39, 0.29) is 52.1 Å². The smallest absolute Gasteiger partial charge is 0.294 e. The number of rotatable bonds is 5. The van der Waals surface area contributed by atoms with E-state index in [0.717, 1.165) is 31.9 Å². The van der Waals surface area contributed by atoms with E-state index in [0.29, 0.717) is 24.3 Å². The minimum Gasteiger partial charge on any atom is -0.447 e. The van der Waals surface area contributed by atoms with Crippen molar-refractivity contribution in [2.24, 2.45) is 5.92 Å². The number of nitrogens with zero attached hydrogens (tertiary/aromatic N) is 3. The molecule has 0 unspecified atom stereocenters. The molecule has 0 spiro atoms. The molecule has 0 aromatic carbocycles. The molecule has 1 saturated carbocycles. The number of likely N-dealkylation sites (tertiary alicyclic amines) is 1. The van der Waals surface area contributed by atoms with E-state index < -0.39 is 11.9 Å². The summed E-state index contributed by atoms with van der Waals surface area (Å²) in [6.07, 6.45) is 5.53. The molecule has 0 bridgehead atoms. The van der Waals surface area contributed by atoms with Crippen molar-refractivity contribution < 1.29 is 23.2 Å². The molecule has 11 heteroatoms.